The van der Waals surface area contributed by atoms with Gasteiger partial charge in [0.15, 0.2) is 0 Å². The smallest absolute Gasteiger partial charge is 0.223 e. The minimum Gasteiger partial charge on any atom is -0.343 e. The molecule has 0 radical (unpaired) electrons. The minimum absolute atomic E-state index is 0.149. The second kappa shape index (κ2) is 6.78. The van der Waals surface area contributed by atoms with Crippen molar-refractivity contribution in [3.8, 4) is 0 Å². The van der Waals surface area contributed by atoms with Crippen molar-refractivity contribution in [2.45, 2.75) is 32.1 Å². The molecule has 0 bridgehead atoms. The summed E-state index contributed by atoms with van der Waals surface area (Å²) in [4.78, 5) is 14.7. The van der Waals surface area contributed by atoms with E-state index in [0.29, 0.717) is 6.42 Å². The third-order valence-corrected chi connectivity index (χ3v) is 4.60. The molecule has 1 saturated heterocycles. The van der Waals surface area contributed by atoms with E-state index in [2.05, 4.69) is 55.5 Å². The van der Waals surface area contributed by atoms with E-state index >= 15 is 0 Å². The van der Waals surface area contributed by atoms with Crippen molar-refractivity contribution in [1.82, 2.24) is 4.90 Å². The first-order chi connectivity index (χ1) is 10.8. The number of likely N-dealkylation sites (tertiary alicyclic amines) is 1. The Bertz CT molecular complexity index is 629. The van der Waals surface area contributed by atoms with E-state index in [4.69, 9.17) is 0 Å². The van der Waals surface area contributed by atoms with Crippen LogP contribution in [-0.4, -0.2) is 23.9 Å². The molecule has 0 saturated carbocycles. The van der Waals surface area contributed by atoms with E-state index in [0.717, 1.165) is 25.9 Å². The third-order valence-electron chi connectivity index (χ3n) is 4.60. The predicted octanol–water partition coefficient (Wildman–Crippen LogP) is 4.14. The van der Waals surface area contributed by atoms with Gasteiger partial charge in [0.25, 0.3) is 0 Å². The largest absolute Gasteiger partial charge is 0.343 e. The minimum atomic E-state index is 0.149. The summed E-state index contributed by atoms with van der Waals surface area (Å²) in [5, 5.41) is 0. The van der Waals surface area contributed by atoms with Gasteiger partial charge in [0, 0.05) is 25.4 Å². The fourth-order valence-corrected chi connectivity index (χ4v) is 3.34. The molecule has 0 N–H and O–H groups in total. The second-order valence-corrected chi connectivity index (χ2v) is 6.11. The average molecular weight is 293 g/mol. The molecule has 1 amide bonds. The number of rotatable bonds is 4. The molecule has 1 aliphatic heterocycles. The molecule has 0 spiro atoms. The molecule has 3 rings (SSSR count). The maximum atomic E-state index is 12.6. The van der Waals surface area contributed by atoms with Gasteiger partial charge in [0.1, 0.15) is 0 Å². The van der Waals surface area contributed by atoms with Crippen molar-refractivity contribution in [3.63, 3.8) is 0 Å². The normalized spacial score (nSPS) is 15.8. The van der Waals surface area contributed by atoms with Crippen molar-refractivity contribution >= 4 is 5.91 Å². The highest BCUT2D eigenvalue weighted by Gasteiger charge is 2.24. The lowest BCUT2D eigenvalue weighted by molar-refractivity contribution is -0.130. The van der Waals surface area contributed by atoms with E-state index in [1.807, 2.05) is 11.0 Å². The van der Waals surface area contributed by atoms with E-state index in [9.17, 15) is 4.79 Å². The monoisotopic (exact) mass is 293 g/mol. The van der Waals surface area contributed by atoms with Gasteiger partial charge in [-0.15, -0.1) is 0 Å². The fourth-order valence-electron chi connectivity index (χ4n) is 3.34. The van der Waals surface area contributed by atoms with Crippen molar-refractivity contribution in [3.05, 3.63) is 71.3 Å². The summed E-state index contributed by atoms with van der Waals surface area (Å²) in [7, 11) is 0. The Morgan fingerprint density at radius 3 is 2.32 bits per heavy atom. The molecule has 2 heteroatoms. The summed E-state index contributed by atoms with van der Waals surface area (Å²) < 4.78 is 0. The number of hydrogen-bond acceptors (Lipinski definition) is 1. The van der Waals surface area contributed by atoms with Gasteiger partial charge < -0.3 is 4.90 Å². The van der Waals surface area contributed by atoms with Gasteiger partial charge >= 0.3 is 0 Å². The molecule has 1 atom stereocenters. The molecule has 2 nitrogen and oxygen atoms in total. The standard InChI is InChI=1S/C20H23NO/c1-16-9-5-6-12-18(16)19(17-10-3-2-4-11-17)15-20(22)21-13-7-8-14-21/h2-6,9-12,19H,7-8,13-15H2,1H3/t19-/m1/s1. The zero-order valence-electron chi connectivity index (χ0n) is 13.2. The van der Waals surface area contributed by atoms with Crippen LogP contribution in [-0.2, 0) is 4.79 Å². The fraction of sp³-hybridized carbons (Fsp3) is 0.350. The number of benzene rings is 2. The number of hydrogen-bond donors (Lipinski definition) is 0. The van der Waals surface area contributed by atoms with Gasteiger partial charge in [-0.1, -0.05) is 54.6 Å². The van der Waals surface area contributed by atoms with Crippen LogP contribution in [0.5, 0.6) is 0 Å². The zero-order valence-corrected chi connectivity index (χ0v) is 13.2. The highest BCUT2D eigenvalue weighted by atomic mass is 16.2. The number of nitrogens with zero attached hydrogens (tertiary/aromatic N) is 1. The highest BCUT2D eigenvalue weighted by molar-refractivity contribution is 5.78. The van der Waals surface area contributed by atoms with Crippen molar-refractivity contribution < 1.29 is 4.79 Å². The SMILES string of the molecule is Cc1ccccc1[C@H](CC(=O)N1CCCC1)c1ccccc1. The Morgan fingerprint density at radius 1 is 1.00 bits per heavy atom. The molecule has 1 aliphatic rings. The van der Waals surface area contributed by atoms with Gasteiger partial charge in [-0.05, 0) is 36.5 Å². The summed E-state index contributed by atoms with van der Waals surface area (Å²) in [5.74, 6) is 0.435. The number of carbonyl (C=O) groups is 1. The molecule has 0 aromatic heterocycles. The number of carbonyl (C=O) groups excluding carboxylic acids is 1. The second-order valence-electron chi connectivity index (χ2n) is 6.11. The summed E-state index contributed by atoms with van der Waals surface area (Å²) in [5.41, 5.74) is 3.75. The van der Waals surface area contributed by atoms with Crippen LogP contribution in [0.2, 0.25) is 0 Å². The highest BCUT2D eigenvalue weighted by Crippen LogP contribution is 2.31. The lowest BCUT2D eigenvalue weighted by Gasteiger charge is -2.23. The Hall–Kier alpha value is -2.09. The lowest BCUT2D eigenvalue weighted by Crippen LogP contribution is -2.29. The van der Waals surface area contributed by atoms with Gasteiger partial charge in [-0.3, -0.25) is 4.79 Å². The quantitative estimate of drug-likeness (QED) is 0.829. The van der Waals surface area contributed by atoms with Gasteiger partial charge in [-0.2, -0.15) is 0 Å². The van der Waals surface area contributed by atoms with Gasteiger partial charge in [0.05, 0.1) is 0 Å². The Balaban J connectivity index is 1.90. The molecule has 0 unspecified atom stereocenters. The summed E-state index contributed by atoms with van der Waals surface area (Å²) >= 11 is 0. The van der Waals surface area contributed by atoms with E-state index in [1.165, 1.54) is 16.7 Å². The summed E-state index contributed by atoms with van der Waals surface area (Å²) in [6, 6.07) is 18.8. The molecule has 1 heterocycles. The van der Waals surface area contributed by atoms with Crippen LogP contribution in [0.4, 0.5) is 0 Å². The molecule has 1 fully saturated rings. The maximum absolute atomic E-state index is 12.6. The molecular formula is C20H23NO. The first-order valence-corrected chi connectivity index (χ1v) is 8.14. The Morgan fingerprint density at radius 2 is 1.64 bits per heavy atom. The summed E-state index contributed by atoms with van der Waals surface area (Å²) in [6.07, 6.45) is 2.85. The van der Waals surface area contributed by atoms with Crippen LogP contribution in [0.1, 0.15) is 41.9 Å². The van der Waals surface area contributed by atoms with Crippen molar-refractivity contribution in [2.75, 3.05) is 13.1 Å². The molecular weight excluding hydrogens is 270 g/mol. The van der Waals surface area contributed by atoms with Crippen LogP contribution < -0.4 is 0 Å². The van der Waals surface area contributed by atoms with E-state index in [-0.39, 0.29) is 11.8 Å². The molecule has 22 heavy (non-hydrogen) atoms. The van der Waals surface area contributed by atoms with Crippen LogP contribution >= 0.6 is 0 Å². The van der Waals surface area contributed by atoms with Crippen LogP contribution in [0.25, 0.3) is 0 Å². The van der Waals surface area contributed by atoms with Gasteiger partial charge in [-0.25, -0.2) is 0 Å². The topological polar surface area (TPSA) is 20.3 Å². The van der Waals surface area contributed by atoms with Crippen LogP contribution in [0, 0.1) is 6.92 Å². The summed E-state index contributed by atoms with van der Waals surface area (Å²) in [6.45, 7) is 3.98. The van der Waals surface area contributed by atoms with Crippen molar-refractivity contribution in [2.24, 2.45) is 0 Å². The molecule has 2 aromatic carbocycles. The van der Waals surface area contributed by atoms with Crippen molar-refractivity contribution in [1.29, 1.82) is 0 Å². The number of aryl methyl sites for hydroxylation is 1. The molecule has 0 aliphatic carbocycles. The first-order valence-electron chi connectivity index (χ1n) is 8.14. The van der Waals surface area contributed by atoms with E-state index < -0.39 is 0 Å². The van der Waals surface area contributed by atoms with E-state index in [1.54, 1.807) is 0 Å². The van der Waals surface area contributed by atoms with Crippen LogP contribution in [0.3, 0.4) is 0 Å². The van der Waals surface area contributed by atoms with Gasteiger partial charge in [0.2, 0.25) is 5.91 Å². The number of amides is 1. The average Bonchev–Trinajstić information content (AvgIpc) is 3.09. The molecule has 114 valence electrons. The third kappa shape index (κ3) is 3.22. The zero-order chi connectivity index (χ0) is 15.4. The predicted molar refractivity (Wildman–Crippen MR) is 89.9 cm³/mol. The maximum Gasteiger partial charge on any atom is 0.223 e. The molecule has 2 aromatic rings. The Labute approximate surface area is 132 Å². The first kappa shape index (κ1) is 14.8. The Kier molecular flexibility index (Phi) is 4.57. The lowest BCUT2D eigenvalue weighted by atomic mass is 9.86. The van der Waals surface area contributed by atoms with Crippen LogP contribution in [0.15, 0.2) is 54.6 Å².